The Bertz CT molecular complexity index is 771. The standard InChI is InChI=1S/C17H20N2O4/c1-4-6-12-10-15(20)19-16(18-12)11(5-2)9-13-7-8-14(23-13)17(21)22-3/h7-10H,4-6H2,1-3H3,(H,18,19,20)/b11-9+. The number of carbonyl (C=O) groups is 1. The molecule has 0 amide bonds. The monoisotopic (exact) mass is 316 g/mol. The van der Waals surface area contributed by atoms with Crippen LogP contribution in [0.4, 0.5) is 0 Å². The van der Waals surface area contributed by atoms with Crippen molar-refractivity contribution >= 4 is 17.6 Å². The number of allylic oxidation sites excluding steroid dienone is 1. The van der Waals surface area contributed by atoms with Crippen molar-refractivity contribution in [2.75, 3.05) is 7.11 Å². The van der Waals surface area contributed by atoms with E-state index in [1.165, 1.54) is 13.2 Å². The number of methoxy groups -OCH3 is 1. The zero-order valence-corrected chi connectivity index (χ0v) is 13.5. The van der Waals surface area contributed by atoms with Crippen LogP contribution in [0.3, 0.4) is 0 Å². The van der Waals surface area contributed by atoms with E-state index >= 15 is 0 Å². The molecule has 0 saturated heterocycles. The molecule has 6 heteroatoms. The van der Waals surface area contributed by atoms with Gasteiger partial charge in [-0.2, -0.15) is 0 Å². The van der Waals surface area contributed by atoms with Gasteiger partial charge < -0.3 is 14.1 Å². The zero-order valence-electron chi connectivity index (χ0n) is 13.5. The molecule has 6 nitrogen and oxygen atoms in total. The molecule has 2 rings (SSSR count). The number of furan rings is 1. The second kappa shape index (κ2) is 7.58. The Hall–Kier alpha value is -2.63. The lowest BCUT2D eigenvalue weighted by Crippen LogP contribution is -2.12. The molecule has 0 radical (unpaired) electrons. The summed E-state index contributed by atoms with van der Waals surface area (Å²) in [5.41, 5.74) is 1.42. The van der Waals surface area contributed by atoms with Crippen LogP contribution < -0.4 is 5.56 Å². The summed E-state index contributed by atoms with van der Waals surface area (Å²) >= 11 is 0. The van der Waals surface area contributed by atoms with Crippen LogP contribution in [0.1, 0.15) is 54.5 Å². The van der Waals surface area contributed by atoms with Gasteiger partial charge >= 0.3 is 5.97 Å². The van der Waals surface area contributed by atoms with Gasteiger partial charge in [0.05, 0.1) is 7.11 Å². The molecule has 0 aromatic carbocycles. The molecule has 0 aliphatic heterocycles. The first-order valence-corrected chi connectivity index (χ1v) is 7.56. The van der Waals surface area contributed by atoms with Crippen LogP contribution in [0.15, 0.2) is 27.4 Å². The molecular weight excluding hydrogens is 296 g/mol. The molecule has 2 aromatic rings. The van der Waals surface area contributed by atoms with Gasteiger partial charge in [0.1, 0.15) is 11.6 Å². The SMILES string of the molecule is CCCc1cc(=O)[nH]c(/C(=C/c2ccc(C(=O)OC)o2)CC)n1. The topological polar surface area (TPSA) is 85.2 Å². The predicted molar refractivity (Wildman–Crippen MR) is 87.1 cm³/mol. The zero-order chi connectivity index (χ0) is 16.8. The predicted octanol–water partition coefficient (Wildman–Crippen LogP) is 3.05. The molecule has 0 fully saturated rings. The van der Waals surface area contributed by atoms with Crippen molar-refractivity contribution in [2.24, 2.45) is 0 Å². The van der Waals surface area contributed by atoms with Crippen LogP contribution in [0, 0.1) is 0 Å². The molecule has 2 aromatic heterocycles. The number of nitrogens with zero attached hydrogens (tertiary/aromatic N) is 1. The van der Waals surface area contributed by atoms with Crippen molar-refractivity contribution in [3.05, 3.63) is 51.6 Å². The summed E-state index contributed by atoms with van der Waals surface area (Å²) in [7, 11) is 1.30. The minimum absolute atomic E-state index is 0.135. The number of aromatic nitrogens is 2. The largest absolute Gasteiger partial charge is 0.463 e. The van der Waals surface area contributed by atoms with Gasteiger partial charge in [0.2, 0.25) is 5.76 Å². The third-order valence-electron chi connectivity index (χ3n) is 3.32. The Morgan fingerprint density at radius 2 is 2.17 bits per heavy atom. The van der Waals surface area contributed by atoms with Gasteiger partial charge in [-0.25, -0.2) is 9.78 Å². The Morgan fingerprint density at radius 3 is 2.83 bits per heavy atom. The number of hydrogen-bond acceptors (Lipinski definition) is 5. The highest BCUT2D eigenvalue weighted by atomic mass is 16.5. The lowest BCUT2D eigenvalue weighted by Gasteiger charge is -2.06. The highest BCUT2D eigenvalue weighted by Crippen LogP contribution is 2.20. The van der Waals surface area contributed by atoms with E-state index in [0.29, 0.717) is 18.0 Å². The van der Waals surface area contributed by atoms with Crippen molar-refractivity contribution in [1.82, 2.24) is 9.97 Å². The first kappa shape index (κ1) is 16.7. The highest BCUT2D eigenvalue weighted by Gasteiger charge is 2.11. The van der Waals surface area contributed by atoms with Crippen LogP contribution in [-0.4, -0.2) is 23.0 Å². The quantitative estimate of drug-likeness (QED) is 0.828. The molecule has 0 saturated carbocycles. The van der Waals surface area contributed by atoms with Gasteiger partial charge in [-0.05, 0) is 36.6 Å². The molecule has 0 spiro atoms. The summed E-state index contributed by atoms with van der Waals surface area (Å²) in [6, 6.07) is 4.74. The first-order valence-electron chi connectivity index (χ1n) is 7.56. The lowest BCUT2D eigenvalue weighted by atomic mass is 10.1. The highest BCUT2D eigenvalue weighted by molar-refractivity contribution is 5.87. The van der Waals surface area contributed by atoms with E-state index in [0.717, 1.165) is 24.1 Å². The third-order valence-corrected chi connectivity index (χ3v) is 3.32. The van der Waals surface area contributed by atoms with E-state index < -0.39 is 5.97 Å². The Kier molecular flexibility index (Phi) is 5.51. The van der Waals surface area contributed by atoms with Crippen molar-refractivity contribution in [1.29, 1.82) is 0 Å². The average Bonchev–Trinajstić information content (AvgIpc) is 3.00. The number of carbonyl (C=O) groups excluding carboxylic acids is 1. The Labute approximate surface area is 134 Å². The number of esters is 1. The number of H-pyrrole nitrogens is 1. The van der Waals surface area contributed by atoms with E-state index in [1.54, 1.807) is 18.2 Å². The number of hydrogen-bond donors (Lipinski definition) is 1. The van der Waals surface area contributed by atoms with Gasteiger partial charge in [-0.1, -0.05) is 20.3 Å². The molecule has 0 unspecified atom stereocenters. The third kappa shape index (κ3) is 4.18. The molecule has 0 bridgehead atoms. The maximum Gasteiger partial charge on any atom is 0.373 e. The van der Waals surface area contributed by atoms with E-state index in [-0.39, 0.29) is 11.3 Å². The van der Waals surface area contributed by atoms with Crippen LogP contribution in [0.5, 0.6) is 0 Å². The molecule has 23 heavy (non-hydrogen) atoms. The normalized spacial score (nSPS) is 11.5. The fourth-order valence-corrected chi connectivity index (χ4v) is 2.19. The van der Waals surface area contributed by atoms with Crippen molar-refractivity contribution in [3.63, 3.8) is 0 Å². The summed E-state index contributed by atoms with van der Waals surface area (Å²) in [5.74, 6) is 0.639. The van der Waals surface area contributed by atoms with E-state index in [4.69, 9.17) is 4.42 Å². The average molecular weight is 316 g/mol. The van der Waals surface area contributed by atoms with E-state index in [9.17, 15) is 9.59 Å². The Morgan fingerprint density at radius 1 is 1.39 bits per heavy atom. The minimum Gasteiger partial charge on any atom is -0.463 e. The summed E-state index contributed by atoms with van der Waals surface area (Å²) in [4.78, 5) is 30.4. The smallest absolute Gasteiger partial charge is 0.373 e. The van der Waals surface area contributed by atoms with Crippen LogP contribution in [-0.2, 0) is 11.2 Å². The molecule has 122 valence electrons. The summed E-state index contributed by atoms with van der Waals surface area (Å²) in [5, 5.41) is 0. The first-order chi connectivity index (χ1) is 11.1. The molecule has 1 N–H and O–H groups in total. The molecule has 2 heterocycles. The number of aromatic amines is 1. The Balaban J connectivity index is 2.37. The van der Waals surface area contributed by atoms with E-state index in [1.807, 2.05) is 13.8 Å². The fraction of sp³-hybridized carbons (Fsp3) is 0.353. The summed E-state index contributed by atoms with van der Waals surface area (Å²) in [6.07, 6.45) is 4.09. The second-order valence-corrected chi connectivity index (χ2v) is 5.05. The number of ether oxygens (including phenoxy) is 1. The van der Waals surface area contributed by atoms with Crippen LogP contribution in [0.2, 0.25) is 0 Å². The molecule has 0 atom stereocenters. The summed E-state index contributed by atoms with van der Waals surface area (Å²) in [6.45, 7) is 4.00. The van der Waals surface area contributed by atoms with Gasteiger partial charge in [0.15, 0.2) is 0 Å². The van der Waals surface area contributed by atoms with Crippen molar-refractivity contribution < 1.29 is 13.9 Å². The number of aryl methyl sites for hydroxylation is 1. The maximum absolute atomic E-state index is 11.8. The second-order valence-electron chi connectivity index (χ2n) is 5.05. The van der Waals surface area contributed by atoms with E-state index in [2.05, 4.69) is 14.7 Å². The minimum atomic E-state index is -0.529. The van der Waals surface area contributed by atoms with Crippen molar-refractivity contribution in [3.8, 4) is 0 Å². The number of nitrogens with one attached hydrogen (secondary N) is 1. The lowest BCUT2D eigenvalue weighted by molar-refractivity contribution is 0.0564. The fourth-order valence-electron chi connectivity index (χ4n) is 2.19. The van der Waals surface area contributed by atoms with Gasteiger partial charge in [-0.15, -0.1) is 0 Å². The van der Waals surface area contributed by atoms with Crippen LogP contribution >= 0.6 is 0 Å². The van der Waals surface area contributed by atoms with Gasteiger partial charge in [0, 0.05) is 11.8 Å². The van der Waals surface area contributed by atoms with Gasteiger partial charge in [0.25, 0.3) is 5.56 Å². The van der Waals surface area contributed by atoms with Crippen molar-refractivity contribution in [2.45, 2.75) is 33.1 Å². The molecular formula is C17H20N2O4. The number of rotatable bonds is 6. The van der Waals surface area contributed by atoms with Gasteiger partial charge in [-0.3, -0.25) is 4.79 Å². The molecule has 0 aliphatic carbocycles. The van der Waals surface area contributed by atoms with Crippen LogP contribution in [0.25, 0.3) is 11.6 Å². The maximum atomic E-state index is 11.8. The molecule has 0 aliphatic rings. The summed E-state index contributed by atoms with van der Waals surface area (Å²) < 4.78 is 10.0.